The van der Waals surface area contributed by atoms with Crippen LogP contribution in [0.15, 0.2) is 0 Å². The Morgan fingerprint density at radius 2 is 1.05 bits per heavy atom. The SMILES string of the molecule is CC1CCC(C)C1C(O[SiH3])(C1CCCC1)C1C(C)CCC1C. The summed E-state index contributed by atoms with van der Waals surface area (Å²) in [5.41, 5.74) is 0.230. The maximum absolute atomic E-state index is 6.81. The number of rotatable bonds is 4. The van der Waals surface area contributed by atoms with E-state index < -0.39 is 0 Å². The van der Waals surface area contributed by atoms with Crippen molar-refractivity contribution in [1.82, 2.24) is 0 Å². The van der Waals surface area contributed by atoms with E-state index in [9.17, 15) is 0 Å². The van der Waals surface area contributed by atoms with Crippen LogP contribution in [0.25, 0.3) is 0 Å². The lowest BCUT2D eigenvalue weighted by Gasteiger charge is -2.53. The predicted octanol–water partition coefficient (Wildman–Crippen LogP) is 4.58. The summed E-state index contributed by atoms with van der Waals surface area (Å²) in [5, 5.41) is 0. The molecule has 0 aromatic heterocycles. The zero-order chi connectivity index (χ0) is 15.9. The van der Waals surface area contributed by atoms with Crippen LogP contribution in [0.5, 0.6) is 0 Å². The van der Waals surface area contributed by atoms with E-state index in [1.807, 2.05) is 0 Å². The second kappa shape index (κ2) is 6.59. The third kappa shape index (κ3) is 2.53. The highest BCUT2D eigenvalue weighted by atomic mass is 28.2. The van der Waals surface area contributed by atoms with Crippen LogP contribution in [0, 0.1) is 41.4 Å². The van der Waals surface area contributed by atoms with Gasteiger partial charge >= 0.3 is 0 Å². The Balaban J connectivity index is 2.03. The molecule has 0 amide bonds. The topological polar surface area (TPSA) is 9.23 Å². The van der Waals surface area contributed by atoms with Gasteiger partial charge in [0.1, 0.15) is 10.5 Å². The van der Waals surface area contributed by atoms with E-state index in [-0.39, 0.29) is 5.60 Å². The number of hydrogen-bond donors (Lipinski definition) is 0. The van der Waals surface area contributed by atoms with E-state index in [1.54, 1.807) is 0 Å². The quantitative estimate of drug-likeness (QED) is 0.689. The molecule has 0 spiro atoms. The van der Waals surface area contributed by atoms with Crippen LogP contribution in [-0.4, -0.2) is 16.1 Å². The summed E-state index contributed by atoms with van der Waals surface area (Å²) < 4.78 is 6.81. The Bertz CT molecular complexity index is 332. The summed E-state index contributed by atoms with van der Waals surface area (Å²) in [5.74, 6) is 5.95. The van der Waals surface area contributed by atoms with Gasteiger partial charge in [0.25, 0.3) is 0 Å². The molecule has 3 aliphatic carbocycles. The molecule has 22 heavy (non-hydrogen) atoms. The summed E-state index contributed by atoms with van der Waals surface area (Å²) in [4.78, 5) is 0. The highest BCUT2D eigenvalue weighted by Crippen LogP contribution is 2.59. The smallest absolute Gasteiger partial charge is 0.146 e. The van der Waals surface area contributed by atoms with Gasteiger partial charge in [-0.05, 0) is 54.3 Å². The monoisotopic (exact) mass is 322 g/mol. The van der Waals surface area contributed by atoms with Crippen LogP contribution in [0.3, 0.4) is 0 Å². The van der Waals surface area contributed by atoms with Gasteiger partial charge < -0.3 is 4.43 Å². The molecule has 0 aromatic carbocycles. The highest BCUT2D eigenvalue weighted by molar-refractivity contribution is 5.98. The first-order valence-electron chi connectivity index (χ1n) is 10.1. The Kier molecular flexibility index (Phi) is 5.09. The van der Waals surface area contributed by atoms with Gasteiger partial charge in [0.05, 0.1) is 5.60 Å². The van der Waals surface area contributed by atoms with Crippen LogP contribution in [0.4, 0.5) is 0 Å². The van der Waals surface area contributed by atoms with E-state index in [1.165, 1.54) is 51.4 Å². The molecular formula is C20H38OSi. The molecule has 3 saturated carbocycles. The van der Waals surface area contributed by atoms with Crippen LogP contribution in [0.1, 0.15) is 79.1 Å². The molecule has 128 valence electrons. The van der Waals surface area contributed by atoms with E-state index >= 15 is 0 Å². The van der Waals surface area contributed by atoms with E-state index in [2.05, 4.69) is 27.7 Å². The van der Waals surface area contributed by atoms with Crippen molar-refractivity contribution in [3.8, 4) is 0 Å². The maximum Gasteiger partial charge on any atom is 0.146 e. The lowest BCUT2D eigenvalue weighted by Crippen LogP contribution is -2.57. The first-order chi connectivity index (χ1) is 10.5. The first-order valence-corrected chi connectivity index (χ1v) is 10.9. The molecule has 4 unspecified atom stereocenters. The molecular weight excluding hydrogens is 284 g/mol. The molecule has 0 heterocycles. The van der Waals surface area contributed by atoms with E-state index in [0.717, 1.165) is 51.9 Å². The Morgan fingerprint density at radius 3 is 1.36 bits per heavy atom. The minimum Gasteiger partial charge on any atom is -0.422 e. The molecule has 0 aliphatic heterocycles. The third-order valence-electron chi connectivity index (χ3n) is 8.00. The van der Waals surface area contributed by atoms with Crippen molar-refractivity contribution in [3.05, 3.63) is 0 Å². The summed E-state index contributed by atoms with van der Waals surface area (Å²) in [7, 11) is 0.915. The van der Waals surface area contributed by atoms with E-state index in [4.69, 9.17) is 4.43 Å². The van der Waals surface area contributed by atoms with Gasteiger partial charge in [-0.1, -0.05) is 66.2 Å². The molecule has 0 aromatic rings. The van der Waals surface area contributed by atoms with Crippen molar-refractivity contribution in [2.24, 2.45) is 41.4 Å². The van der Waals surface area contributed by atoms with Crippen molar-refractivity contribution < 1.29 is 4.43 Å². The first kappa shape index (κ1) is 17.0. The lowest BCUT2D eigenvalue weighted by atomic mass is 9.59. The fraction of sp³-hybridized carbons (Fsp3) is 1.00. The fourth-order valence-electron chi connectivity index (χ4n) is 7.25. The summed E-state index contributed by atoms with van der Waals surface area (Å²) in [6.45, 7) is 10.1. The normalized spacial score (nSPS) is 46.4. The van der Waals surface area contributed by atoms with Crippen molar-refractivity contribution >= 4 is 10.5 Å². The minimum atomic E-state index is 0.230. The molecule has 0 bridgehead atoms. The average molecular weight is 323 g/mol. The van der Waals surface area contributed by atoms with Gasteiger partial charge in [-0.2, -0.15) is 0 Å². The molecule has 1 nitrogen and oxygen atoms in total. The van der Waals surface area contributed by atoms with Crippen molar-refractivity contribution in [2.75, 3.05) is 0 Å². The fourth-order valence-corrected chi connectivity index (χ4v) is 8.13. The van der Waals surface area contributed by atoms with Gasteiger partial charge in [-0.25, -0.2) is 0 Å². The maximum atomic E-state index is 6.81. The van der Waals surface area contributed by atoms with Gasteiger partial charge in [0.2, 0.25) is 0 Å². The van der Waals surface area contributed by atoms with Crippen molar-refractivity contribution in [3.63, 3.8) is 0 Å². The second-order valence-electron chi connectivity index (χ2n) is 9.15. The van der Waals surface area contributed by atoms with Gasteiger partial charge in [0.15, 0.2) is 0 Å². The Morgan fingerprint density at radius 1 is 0.682 bits per heavy atom. The molecule has 3 rings (SSSR count). The molecule has 3 fully saturated rings. The lowest BCUT2D eigenvalue weighted by molar-refractivity contribution is -0.128. The van der Waals surface area contributed by atoms with E-state index in [0.29, 0.717) is 0 Å². The molecule has 2 heteroatoms. The predicted molar refractivity (Wildman–Crippen MR) is 97.8 cm³/mol. The van der Waals surface area contributed by atoms with Crippen LogP contribution in [0.2, 0.25) is 0 Å². The zero-order valence-electron chi connectivity index (χ0n) is 15.6. The molecule has 4 atom stereocenters. The van der Waals surface area contributed by atoms with Crippen LogP contribution >= 0.6 is 0 Å². The standard InChI is InChI=1S/C20H38OSi/c1-13-9-10-14(2)18(13)20(21-22,17-7-5-6-8-17)19-15(3)11-12-16(19)4/h13-19H,5-12H2,1-4,22H3. The molecule has 0 N–H and O–H groups in total. The van der Waals surface area contributed by atoms with Gasteiger partial charge in [-0.15, -0.1) is 0 Å². The third-order valence-corrected chi connectivity index (χ3v) is 8.70. The Hall–Kier alpha value is 0.177. The summed E-state index contributed by atoms with van der Waals surface area (Å²) in [6.07, 6.45) is 11.5. The Labute approximate surface area is 141 Å². The molecule has 0 radical (unpaired) electrons. The molecule has 3 aliphatic rings. The van der Waals surface area contributed by atoms with Gasteiger partial charge in [-0.3, -0.25) is 0 Å². The zero-order valence-corrected chi connectivity index (χ0v) is 17.6. The van der Waals surface area contributed by atoms with Crippen LogP contribution in [-0.2, 0) is 4.43 Å². The van der Waals surface area contributed by atoms with Gasteiger partial charge in [0, 0.05) is 0 Å². The minimum absolute atomic E-state index is 0.230. The number of hydrogen-bond acceptors (Lipinski definition) is 1. The van der Waals surface area contributed by atoms with Crippen molar-refractivity contribution in [2.45, 2.75) is 84.7 Å². The highest BCUT2D eigenvalue weighted by Gasteiger charge is 2.59. The summed E-state index contributed by atoms with van der Waals surface area (Å²) >= 11 is 0. The van der Waals surface area contributed by atoms with Crippen molar-refractivity contribution in [1.29, 1.82) is 0 Å². The van der Waals surface area contributed by atoms with Crippen LogP contribution < -0.4 is 0 Å². The largest absolute Gasteiger partial charge is 0.422 e. The second-order valence-corrected chi connectivity index (χ2v) is 9.56. The average Bonchev–Trinajstić information content (AvgIpc) is 3.20. The molecule has 0 saturated heterocycles. The summed E-state index contributed by atoms with van der Waals surface area (Å²) in [6, 6.07) is 0.